The number of rotatable bonds is 5. The van der Waals surface area contributed by atoms with Crippen molar-refractivity contribution in [3.63, 3.8) is 0 Å². The Kier molecular flexibility index (Phi) is 10.1. The van der Waals surface area contributed by atoms with Crippen molar-refractivity contribution in [2.75, 3.05) is 36.8 Å². The Balaban J connectivity index is 0.000000308. The summed E-state index contributed by atoms with van der Waals surface area (Å²) < 4.78 is 28.2. The molecule has 4 atom stereocenters. The van der Waals surface area contributed by atoms with E-state index in [0.717, 1.165) is 100 Å². The highest BCUT2D eigenvalue weighted by molar-refractivity contribution is 6.31. The molecule has 4 aliphatic rings. The Bertz CT molecular complexity index is 1350. The van der Waals surface area contributed by atoms with E-state index in [2.05, 4.69) is 36.6 Å². The number of hydrogen-bond acceptors (Lipinski definition) is 6. The van der Waals surface area contributed by atoms with Crippen molar-refractivity contribution in [2.24, 2.45) is 5.92 Å². The van der Waals surface area contributed by atoms with Crippen LogP contribution in [0.4, 0.5) is 20.3 Å². The number of benzene rings is 1. The van der Waals surface area contributed by atoms with Gasteiger partial charge in [0.1, 0.15) is 23.6 Å². The summed E-state index contributed by atoms with van der Waals surface area (Å²) in [4.78, 5) is 14.5. The van der Waals surface area contributed by atoms with Crippen molar-refractivity contribution < 1.29 is 8.78 Å². The van der Waals surface area contributed by atoms with Gasteiger partial charge < -0.3 is 10.6 Å². The topological polar surface area (TPSA) is 82.1 Å². The molecule has 6 nitrogen and oxygen atoms in total. The summed E-state index contributed by atoms with van der Waals surface area (Å²) in [5.74, 6) is 1.64. The van der Waals surface area contributed by atoms with Gasteiger partial charge in [-0.05, 0) is 101 Å². The third-order valence-corrected chi connectivity index (χ3v) is 10.4. The van der Waals surface area contributed by atoms with E-state index in [4.69, 9.17) is 27.3 Å². The second kappa shape index (κ2) is 13.6. The first kappa shape index (κ1) is 31.9. The van der Waals surface area contributed by atoms with E-state index in [1.807, 2.05) is 0 Å². The minimum atomic E-state index is -0.551. The van der Waals surface area contributed by atoms with Crippen LogP contribution in [0, 0.1) is 23.1 Å². The molecule has 3 fully saturated rings. The maximum absolute atomic E-state index is 15.3. The molecule has 3 aliphatic heterocycles. The monoisotopic (exact) mass is 612 g/mol. The molecule has 1 aromatic heterocycles. The van der Waals surface area contributed by atoms with E-state index < -0.39 is 6.17 Å². The average Bonchev–Trinajstić information content (AvgIpc) is 3.36. The van der Waals surface area contributed by atoms with Crippen LogP contribution in [0.25, 0.3) is 0 Å². The minimum absolute atomic E-state index is 0.000362. The summed E-state index contributed by atoms with van der Waals surface area (Å²) in [5.41, 5.74) is 10.1. The molecular weight excluding hydrogens is 566 g/mol. The van der Waals surface area contributed by atoms with Gasteiger partial charge in [0.05, 0.1) is 17.5 Å². The van der Waals surface area contributed by atoms with Crippen LogP contribution in [0.15, 0.2) is 6.07 Å². The summed E-state index contributed by atoms with van der Waals surface area (Å²) in [7, 11) is 0. The zero-order valence-electron chi connectivity index (χ0n) is 26.1. The number of nitrogens with zero attached hydrogens (tertiary/aromatic N) is 5. The van der Waals surface area contributed by atoms with Gasteiger partial charge in [0.2, 0.25) is 0 Å². The predicted molar refractivity (Wildman–Crippen MR) is 170 cm³/mol. The smallest absolute Gasteiger partial charge is 0.149 e. The fourth-order valence-electron chi connectivity index (χ4n) is 7.79. The van der Waals surface area contributed by atoms with E-state index >= 15 is 4.39 Å². The number of nitriles is 1. The molecule has 0 saturated carbocycles. The normalized spacial score (nSPS) is 27.1. The largest absolute Gasteiger partial charge is 0.396 e. The molecule has 6 rings (SSSR count). The molecule has 0 radical (unpaired) electrons. The number of aryl methyl sites for hydroxylation is 1. The Morgan fingerprint density at radius 2 is 1.98 bits per heavy atom. The summed E-state index contributed by atoms with van der Waals surface area (Å²) in [6.07, 6.45) is 10.2. The molecule has 43 heavy (non-hydrogen) atoms. The molecule has 0 bridgehead atoms. The molecular formula is C34H47ClF2N6. The zero-order chi connectivity index (χ0) is 30.7. The van der Waals surface area contributed by atoms with Gasteiger partial charge in [-0.15, -0.1) is 0 Å². The highest BCUT2D eigenvalue weighted by Crippen LogP contribution is 2.42. The van der Waals surface area contributed by atoms with Gasteiger partial charge in [-0.1, -0.05) is 31.9 Å². The van der Waals surface area contributed by atoms with Crippen LogP contribution in [0.3, 0.4) is 0 Å². The molecule has 0 spiro atoms. The first-order chi connectivity index (χ1) is 20.7. The average molecular weight is 613 g/mol. The van der Waals surface area contributed by atoms with Crippen LogP contribution in [-0.4, -0.2) is 52.8 Å². The highest BCUT2D eigenvalue weighted by atomic mass is 35.5. The van der Waals surface area contributed by atoms with Crippen LogP contribution in [0.2, 0.25) is 5.02 Å². The SMILES string of the molecule is CC12CCCN1CC(F)C2.CCCc1c(Cl)cc(N)c(F)c1C1CCc2c(nc(CC)nc2N2CCCC(C#N)CC2)C1. The molecule has 2 aromatic rings. The number of aromatic nitrogens is 2. The van der Waals surface area contributed by atoms with Crippen molar-refractivity contribution in [3.8, 4) is 6.07 Å². The Labute approximate surface area is 261 Å². The molecule has 1 aromatic carbocycles. The summed E-state index contributed by atoms with van der Waals surface area (Å²) >= 11 is 6.52. The molecule has 4 heterocycles. The predicted octanol–water partition coefficient (Wildman–Crippen LogP) is 7.35. The molecule has 3 saturated heterocycles. The zero-order valence-corrected chi connectivity index (χ0v) is 26.8. The summed E-state index contributed by atoms with van der Waals surface area (Å²) in [5, 5.41) is 9.92. The highest BCUT2D eigenvalue weighted by Gasteiger charge is 2.44. The second-order valence-electron chi connectivity index (χ2n) is 13.2. The lowest BCUT2D eigenvalue weighted by atomic mass is 9.79. The minimum Gasteiger partial charge on any atom is -0.396 e. The standard InChI is InChI=1S/C26H33ClFN5.C8H14FN/c1-3-6-18-20(27)14-21(30)25(28)24(18)17-8-9-19-22(13-17)31-23(4-2)32-26(19)33-11-5-7-16(15-29)10-12-33;1-8-3-2-4-10(8)6-7(9)5-8/h14,16-17H,3-13,30H2,1-2H3;7H,2-6H2,1H3. The van der Waals surface area contributed by atoms with E-state index in [1.54, 1.807) is 6.07 Å². The Morgan fingerprint density at radius 1 is 1.16 bits per heavy atom. The van der Waals surface area contributed by atoms with Crippen LogP contribution in [0.1, 0.15) is 106 Å². The second-order valence-corrected chi connectivity index (χ2v) is 13.6. The molecule has 2 N–H and O–H groups in total. The summed E-state index contributed by atoms with van der Waals surface area (Å²) in [6, 6.07) is 3.99. The van der Waals surface area contributed by atoms with E-state index in [9.17, 15) is 9.65 Å². The van der Waals surface area contributed by atoms with Crippen LogP contribution in [-0.2, 0) is 25.7 Å². The fraction of sp³-hybridized carbons (Fsp3) is 0.676. The first-order valence-electron chi connectivity index (χ1n) is 16.4. The van der Waals surface area contributed by atoms with E-state index in [-0.39, 0.29) is 28.9 Å². The Morgan fingerprint density at radius 3 is 2.70 bits per heavy atom. The number of fused-ring (bicyclic) bond motifs is 2. The molecule has 4 unspecified atom stereocenters. The third kappa shape index (κ3) is 6.78. The molecule has 234 valence electrons. The first-order valence-corrected chi connectivity index (χ1v) is 16.7. The maximum atomic E-state index is 15.3. The van der Waals surface area contributed by atoms with Gasteiger partial charge in [0.15, 0.2) is 0 Å². The quantitative estimate of drug-likeness (QED) is 0.356. The van der Waals surface area contributed by atoms with Gasteiger partial charge in [0.25, 0.3) is 0 Å². The van der Waals surface area contributed by atoms with Gasteiger partial charge in [0, 0.05) is 48.1 Å². The van der Waals surface area contributed by atoms with Crippen molar-refractivity contribution in [2.45, 2.75) is 115 Å². The van der Waals surface area contributed by atoms with Crippen molar-refractivity contribution >= 4 is 23.1 Å². The number of alkyl halides is 1. The van der Waals surface area contributed by atoms with Crippen LogP contribution >= 0.6 is 11.6 Å². The molecule has 1 aliphatic carbocycles. The fourth-order valence-corrected chi connectivity index (χ4v) is 8.10. The van der Waals surface area contributed by atoms with Crippen molar-refractivity contribution in [1.82, 2.24) is 14.9 Å². The lowest BCUT2D eigenvalue weighted by Crippen LogP contribution is -2.34. The Hall–Kier alpha value is -2.50. The number of hydrogen-bond donors (Lipinski definition) is 1. The lowest BCUT2D eigenvalue weighted by molar-refractivity contribution is 0.217. The van der Waals surface area contributed by atoms with Gasteiger partial charge >= 0.3 is 0 Å². The van der Waals surface area contributed by atoms with Crippen LogP contribution < -0.4 is 10.6 Å². The van der Waals surface area contributed by atoms with E-state index in [0.29, 0.717) is 23.6 Å². The molecule has 9 heteroatoms. The summed E-state index contributed by atoms with van der Waals surface area (Å²) in [6.45, 7) is 9.90. The lowest BCUT2D eigenvalue weighted by Gasteiger charge is -2.31. The molecule has 0 amide bonds. The number of nitrogens with two attached hydrogens (primary N) is 1. The van der Waals surface area contributed by atoms with Gasteiger partial charge in [-0.25, -0.2) is 18.7 Å². The van der Waals surface area contributed by atoms with Crippen molar-refractivity contribution in [1.29, 1.82) is 5.26 Å². The maximum Gasteiger partial charge on any atom is 0.149 e. The van der Waals surface area contributed by atoms with Gasteiger partial charge in [-0.3, -0.25) is 4.90 Å². The van der Waals surface area contributed by atoms with Gasteiger partial charge in [-0.2, -0.15) is 5.26 Å². The number of anilines is 2. The van der Waals surface area contributed by atoms with Crippen molar-refractivity contribution in [3.05, 3.63) is 45.1 Å². The van der Waals surface area contributed by atoms with E-state index in [1.165, 1.54) is 18.4 Å². The number of nitrogen functional groups attached to an aromatic ring is 1. The van der Waals surface area contributed by atoms with Crippen LogP contribution in [0.5, 0.6) is 0 Å². The number of halogens is 3. The third-order valence-electron chi connectivity index (χ3n) is 10.1.